The van der Waals surface area contributed by atoms with Crippen LogP contribution in [0.25, 0.3) is 0 Å². The van der Waals surface area contributed by atoms with Crippen LogP contribution in [0, 0.1) is 5.92 Å². The van der Waals surface area contributed by atoms with Crippen LogP contribution in [0.1, 0.15) is 32.1 Å². The molecular weight excluding hydrogens is 232 g/mol. The minimum absolute atomic E-state index is 0.0921. The number of nitrogens with one attached hydrogen (secondary N) is 1. The molecule has 3 rings (SSSR count). The topological polar surface area (TPSA) is 32.3 Å². The molecule has 3 unspecified atom stereocenters. The largest absolute Gasteiger partial charge is 0.338 e. The molecule has 1 saturated carbocycles. The van der Waals surface area contributed by atoms with Gasteiger partial charge < -0.3 is 10.2 Å². The van der Waals surface area contributed by atoms with E-state index >= 15 is 0 Å². The molecule has 96 valence electrons. The van der Waals surface area contributed by atoms with Crippen molar-refractivity contribution in [2.75, 3.05) is 24.6 Å². The molecule has 17 heavy (non-hydrogen) atoms. The summed E-state index contributed by atoms with van der Waals surface area (Å²) in [5.74, 6) is 3.30. The molecule has 3 fully saturated rings. The molecule has 2 heterocycles. The van der Waals surface area contributed by atoms with Crippen LogP contribution < -0.4 is 5.32 Å². The standard InChI is InChI=1S/C13H22N2OS/c16-13(11-9-17-8-6-14-11)15-7-5-10-3-1-2-4-12(10)15/h10-12,14H,1-9H2. The molecule has 3 aliphatic rings. The zero-order valence-electron chi connectivity index (χ0n) is 10.4. The van der Waals surface area contributed by atoms with Crippen molar-refractivity contribution < 1.29 is 4.79 Å². The highest BCUT2D eigenvalue weighted by Crippen LogP contribution is 2.36. The first-order valence-electron chi connectivity index (χ1n) is 6.98. The summed E-state index contributed by atoms with van der Waals surface area (Å²) in [5.41, 5.74) is 0. The van der Waals surface area contributed by atoms with E-state index in [2.05, 4.69) is 10.2 Å². The van der Waals surface area contributed by atoms with Gasteiger partial charge in [0.25, 0.3) is 0 Å². The number of amides is 1. The average molecular weight is 254 g/mol. The second-order valence-electron chi connectivity index (χ2n) is 5.51. The molecule has 0 aromatic heterocycles. The third-order valence-electron chi connectivity index (χ3n) is 4.51. The molecule has 1 amide bonds. The van der Waals surface area contributed by atoms with Crippen molar-refractivity contribution in [1.82, 2.24) is 10.2 Å². The first-order valence-corrected chi connectivity index (χ1v) is 8.13. The fourth-order valence-electron chi connectivity index (χ4n) is 3.60. The molecule has 2 saturated heterocycles. The van der Waals surface area contributed by atoms with Gasteiger partial charge >= 0.3 is 0 Å². The Balaban J connectivity index is 1.65. The van der Waals surface area contributed by atoms with Crippen molar-refractivity contribution in [1.29, 1.82) is 0 Å². The number of hydrogen-bond acceptors (Lipinski definition) is 3. The van der Waals surface area contributed by atoms with Gasteiger partial charge in [-0.05, 0) is 25.2 Å². The van der Waals surface area contributed by atoms with Gasteiger partial charge in [0.15, 0.2) is 0 Å². The minimum atomic E-state index is 0.0921. The van der Waals surface area contributed by atoms with Gasteiger partial charge in [-0.1, -0.05) is 12.8 Å². The Bertz CT molecular complexity index is 291. The summed E-state index contributed by atoms with van der Waals surface area (Å²) in [6.45, 7) is 2.00. The lowest BCUT2D eigenvalue weighted by molar-refractivity contribution is -0.134. The maximum absolute atomic E-state index is 12.5. The highest BCUT2D eigenvalue weighted by atomic mass is 32.2. The Hall–Kier alpha value is -0.220. The van der Waals surface area contributed by atoms with Crippen molar-refractivity contribution in [3.63, 3.8) is 0 Å². The van der Waals surface area contributed by atoms with E-state index in [1.54, 1.807) is 0 Å². The Morgan fingerprint density at radius 1 is 1.24 bits per heavy atom. The lowest BCUT2D eigenvalue weighted by atomic mass is 9.85. The van der Waals surface area contributed by atoms with Gasteiger partial charge in [-0.3, -0.25) is 4.79 Å². The second-order valence-corrected chi connectivity index (χ2v) is 6.66. The zero-order valence-corrected chi connectivity index (χ0v) is 11.2. The smallest absolute Gasteiger partial charge is 0.240 e. The summed E-state index contributed by atoms with van der Waals surface area (Å²) in [6, 6.07) is 0.666. The Morgan fingerprint density at radius 2 is 2.12 bits per heavy atom. The number of likely N-dealkylation sites (tertiary alicyclic amines) is 1. The highest BCUT2D eigenvalue weighted by Gasteiger charge is 2.40. The number of carbonyl (C=O) groups excluding carboxylic acids is 1. The van der Waals surface area contributed by atoms with E-state index in [1.807, 2.05) is 11.8 Å². The number of thioether (sulfide) groups is 1. The minimum Gasteiger partial charge on any atom is -0.338 e. The molecule has 4 heteroatoms. The van der Waals surface area contributed by atoms with Crippen LogP contribution in [-0.4, -0.2) is 47.5 Å². The summed E-state index contributed by atoms with van der Waals surface area (Å²) < 4.78 is 0. The number of fused-ring (bicyclic) bond motifs is 1. The first-order chi connectivity index (χ1) is 8.36. The van der Waals surface area contributed by atoms with Gasteiger partial charge in [-0.15, -0.1) is 0 Å². The quantitative estimate of drug-likeness (QED) is 0.769. The molecule has 0 bridgehead atoms. The van der Waals surface area contributed by atoms with Crippen LogP contribution in [0.5, 0.6) is 0 Å². The SMILES string of the molecule is O=C(C1CSCCN1)N1CCC2CCCCC21. The van der Waals surface area contributed by atoms with E-state index < -0.39 is 0 Å². The molecule has 0 aromatic rings. The van der Waals surface area contributed by atoms with E-state index in [4.69, 9.17) is 0 Å². The van der Waals surface area contributed by atoms with Crippen LogP contribution >= 0.6 is 11.8 Å². The zero-order chi connectivity index (χ0) is 11.7. The Labute approximate surface area is 108 Å². The molecule has 1 aliphatic carbocycles. The number of nitrogens with zero attached hydrogens (tertiary/aromatic N) is 1. The first kappa shape index (κ1) is 11.8. The lowest BCUT2D eigenvalue weighted by Crippen LogP contribution is -2.52. The van der Waals surface area contributed by atoms with E-state index in [0.29, 0.717) is 11.9 Å². The Morgan fingerprint density at radius 3 is 2.94 bits per heavy atom. The molecule has 2 aliphatic heterocycles. The molecule has 3 atom stereocenters. The van der Waals surface area contributed by atoms with Gasteiger partial charge in [0, 0.05) is 30.6 Å². The van der Waals surface area contributed by atoms with Crippen molar-refractivity contribution in [3.05, 3.63) is 0 Å². The fraction of sp³-hybridized carbons (Fsp3) is 0.923. The second kappa shape index (κ2) is 5.19. The van der Waals surface area contributed by atoms with Crippen LogP contribution in [0.3, 0.4) is 0 Å². The van der Waals surface area contributed by atoms with E-state index in [1.165, 1.54) is 32.1 Å². The van der Waals surface area contributed by atoms with E-state index in [0.717, 1.165) is 30.5 Å². The summed E-state index contributed by atoms with van der Waals surface area (Å²) in [4.78, 5) is 14.7. The van der Waals surface area contributed by atoms with Gasteiger partial charge in [-0.25, -0.2) is 0 Å². The van der Waals surface area contributed by atoms with Crippen molar-refractivity contribution >= 4 is 17.7 Å². The lowest BCUT2D eigenvalue weighted by Gasteiger charge is -2.34. The average Bonchev–Trinajstić information content (AvgIpc) is 2.83. The summed E-state index contributed by atoms with van der Waals surface area (Å²) in [7, 11) is 0. The maximum Gasteiger partial charge on any atom is 0.240 e. The van der Waals surface area contributed by atoms with Crippen LogP contribution in [0.2, 0.25) is 0 Å². The van der Waals surface area contributed by atoms with Gasteiger partial charge in [-0.2, -0.15) is 11.8 Å². The van der Waals surface area contributed by atoms with Crippen molar-refractivity contribution in [2.45, 2.75) is 44.2 Å². The number of hydrogen-bond donors (Lipinski definition) is 1. The monoisotopic (exact) mass is 254 g/mol. The van der Waals surface area contributed by atoms with Gasteiger partial charge in [0.05, 0.1) is 6.04 Å². The third kappa shape index (κ3) is 2.34. The summed E-state index contributed by atoms with van der Waals surface area (Å²) in [5, 5.41) is 3.38. The van der Waals surface area contributed by atoms with E-state index in [9.17, 15) is 4.79 Å². The number of rotatable bonds is 1. The van der Waals surface area contributed by atoms with Crippen LogP contribution in [-0.2, 0) is 4.79 Å². The highest BCUT2D eigenvalue weighted by molar-refractivity contribution is 7.99. The fourth-order valence-corrected chi connectivity index (χ4v) is 4.53. The van der Waals surface area contributed by atoms with Gasteiger partial charge in [0.2, 0.25) is 5.91 Å². The molecule has 3 nitrogen and oxygen atoms in total. The molecule has 0 spiro atoms. The van der Waals surface area contributed by atoms with Crippen LogP contribution in [0.4, 0.5) is 0 Å². The predicted octanol–water partition coefficient (Wildman–Crippen LogP) is 1.48. The Kier molecular flexibility index (Phi) is 3.61. The predicted molar refractivity (Wildman–Crippen MR) is 71.2 cm³/mol. The third-order valence-corrected chi connectivity index (χ3v) is 5.57. The summed E-state index contributed by atoms with van der Waals surface area (Å²) >= 11 is 1.91. The van der Waals surface area contributed by atoms with Crippen LogP contribution in [0.15, 0.2) is 0 Å². The molecule has 0 aromatic carbocycles. The normalized spacial score (nSPS) is 37.9. The van der Waals surface area contributed by atoms with E-state index in [-0.39, 0.29) is 6.04 Å². The maximum atomic E-state index is 12.5. The number of carbonyl (C=O) groups is 1. The van der Waals surface area contributed by atoms with Crippen molar-refractivity contribution in [3.8, 4) is 0 Å². The summed E-state index contributed by atoms with van der Waals surface area (Å²) in [6.07, 6.45) is 6.53. The van der Waals surface area contributed by atoms with Crippen molar-refractivity contribution in [2.24, 2.45) is 5.92 Å². The molecular formula is C13H22N2OS. The molecule has 1 N–H and O–H groups in total. The van der Waals surface area contributed by atoms with Gasteiger partial charge in [0.1, 0.15) is 0 Å². The molecule has 0 radical (unpaired) electrons.